The van der Waals surface area contributed by atoms with E-state index >= 15 is 0 Å². The first kappa shape index (κ1) is 14.3. The molecule has 0 unspecified atom stereocenters. The number of hydrogen-bond acceptors (Lipinski definition) is 6. The van der Waals surface area contributed by atoms with Gasteiger partial charge in [0.05, 0.1) is 0 Å². The molecular weight excluding hydrogens is 216 g/mol. The van der Waals surface area contributed by atoms with E-state index in [-0.39, 0.29) is 30.7 Å². The van der Waals surface area contributed by atoms with Crippen molar-refractivity contribution in [2.24, 2.45) is 0 Å². The molecule has 0 heterocycles. The van der Waals surface area contributed by atoms with Crippen molar-refractivity contribution in [2.75, 3.05) is 0 Å². The third-order valence-corrected chi connectivity index (χ3v) is 1.30. The summed E-state index contributed by atoms with van der Waals surface area (Å²) in [7, 11) is 0. The van der Waals surface area contributed by atoms with Gasteiger partial charge in [0.15, 0.2) is 0 Å². The first-order chi connectivity index (χ1) is 7.31. The summed E-state index contributed by atoms with van der Waals surface area (Å²) in [5.74, 6) is -2.32. The highest BCUT2D eigenvalue weighted by Crippen LogP contribution is 2.07. The van der Waals surface area contributed by atoms with Crippen LogP contribution in [0.25, 0.3) is 0 Å². The van der Waals surface area contributed by atoms with Gasteiger partial charge in [-0.25, -0.2) is 0 Å². The molecule has 6 nitrogen and oxygen atoms in total. The molecule has 0 rings (SSSR count). The summed E-state index contributed by atoms with van der Waals surface area (Å²) in [5, 5.41) is 0. The molecule has 89 valence electrons. The van der Waals surface area contributed by atoms with Crippen LogP contribution in [0, 0.1) is 6.29 Å². The molecule has 16 heavy (non-hydrogen) atoms. The van der Waals surface area contributed by atoms with Crippen LogP contribution in [0.2, 0.25) is 0 Å². The summed E-state index contributed by atoms with van der Waals surface area (Å²) < 4.78 is 9.03. The van der Waals surface area contributed by atoms with E-state index in [1.807, 2.05) is 0 Å². The third kappa shape index (κ3) is 7.66. The number of Topliss-reactive ketones (excluding diaryl/α,β-unsaturated/α-hetero) is 2. The van der Waals surface area contributed by atoms with Gasteiger partial charge in [-0.15, -0.1) is 0 Å². The molecule has 0 amide bonds. The third-order valence-electron chi connectivity index (χ3n) is 1.30. The van der Waals surface area contributed by atoms with Gasteiger partial charge >= 0.3 is 18.2 Å². The summed E-state index contributed by atoms with van der Waals surface area (Å²) in [6.45, 7) is 3.72. The lowest BCUT2D eigenvalue weighted by Crippen LogP contribution is -2.18. The standard InChI is InChI=1S/C10H13O6/c1-6(11)4-9(13)15-8(3)16-10(14)5-7(2)12/h4-5H2,1-3H3. The maximum atomic E-state index is 10.9. The molecule has 0 aliphatic carbocycles. The minimum atomic E-state index is -0.805. The molecule has 0 fully saturated rings. The molecule has 0 spiro atoms. The van der Waals surface area contributed by atoms with Gasteiger partial charge in [0.1, 0.15) is 24.4 Å². The van der Waals surface area contributed by atoms with E-state index in [0.717, 1.165) is 0 Å². The van der Waals surface area contributed by atoms with Gasteiger partial charge in [-0.1, -0.05) is 0 Å². The Morgan fingerprint density at radius 1 is 0.750 bits per heavy atom. The fraction of sp³-hybridized carbons (Fsp3) is 0.500. The zero-order valence-corrected chi connectivity index (χ0v) is 9.36. The largest absolute Gasteiger partial charge is 0.414 e. The summed E-state index contributed by atoms with van der Waals surface area (Å²) in [5.41, 5.74) is 0. The van der Waals surface area contributed by atoms with Crippen molar-refractivity contribution in [3.8, 4) is 0 Å². The van der Waals surface area contributed by atoms with Crippen LogP contribution in [0.15, 0.2) is 0 Å². The van der Waals surface area contributed by atoms with Gasteiger partial charge in [0.25, 0.3) is 0 Å². The molecule has 0 saturated carbocycles. The van der Waals surface area contributed by atoms with Crippen molar-refractivity contribution in [3.05, 3.63) is 6.29 Å². The number of ether oxygens (including phenoxy) is 2. The summed E-state index contributed by atoms with van der Waals surface area (Å²) in [6.07, 6.45) is -1.07. The number of carbonyl (C=O) groups is 4. The van der Waals surface area contributed by atoms with E-state index in [0.29, 0.717) is 0 Å². The average molecular weight is 229 g/mol. The molecule has 0 atom stereocenters. The lowest BCUT2D eigenvalue weighted by atomic mass is 10.3. The molecule has 0 aliphatic heterocycles. The average Bonchev–Trinajstić information content (AvgIpc) is 1.97. The Balaban J connectivity index is 3.94. The number of esters is 2. The normalized spacial score (nSPS) is 9.75. The molecule has 0 N–H and O–H groups in total. The topological polar surface area (TPSA) is 86.7 Å². The second-order valence-corrected chi connectivity index (χ2v) is 3.20. The van der Waals surface area contributed by atoms with Crippen molar-refractivity contribution in [1.82, 2.24) is 0 Å². The van der Waals surface area contributed by atoms with Crippen LogP contribution in [0.5, 0.6) is 0 Å². The summed E-state index contributed by atoms with van der Waals surface area (Å²) >= 11 is 0. The Morgan fingerprint density at radius 2 is 1.06 bits per heavy atom. The van der Waals surface area contributed by atoms with Crippen LogP contribution in [0.1, 0.15) is 33.6 Å². The van der Waals surface area contributed by atoms with E-state index in [1.54, 1.807) is 0 Å². The Hall–Kier alpha value is -1.72. The predicted molar refractivity (Wildman–Crippen MR) is 51.7 cm³/mol. The first-order valence-corrected chi connectivity index (χ1v) is 4.55. The molecule has 6 heteroatoms. The smallest absolute Gasteiger partial charge is 0.331 e. The lowest BCUT2D eigenvalue weighted by molar-refractivity contribution is -0.163. The Labute approximate surface area is 92.9 Å². The fourth-order valence-electron chi connectivity index (χ4n) is 0.820. The molecule has 0 aromatic carbocycles. The molecule has 1 radical (unpaired) electrons. The molecule has 0 saturated heterocycles. The van der Waals surface area contributed by atoms with E-state index in [1.165, 1.54) is 20.8 Å². The van der Waals surface area contributed by atoms with E-state index in [4.69, 9.17) is 0 Å². The second kappa shape index (κ2) is 6.71. The molecule has 0 aromatic heterocycles. The van der Waals surface area contributed by atoms with Gasteiger partial charge in [-0.3, -0.25) is 19.2 Å². The van der Waals surface area contributed by atoms with Crippen molar-refractivity contribution in [3.63, 3.8) is 0 Å². The highest BCUT2D eigenvalue weighted by molar-refractivity contribution is 5.95. The van der Waals surface area contributed by atoms with Crippen LogP contribution in [0.4, 0.5) is 0 Å². The predicted octanol–water partition coefficient (Wildman–Crippen LogP) is 0.540. The van der Waals surface area contributed by atoms with E-state index in [9.17, 15) is 19.2 Å². The zero-order chi connectivity index (χ0) is 12.7. The number of hydrogen-bond donors (Lipinski definition) is 0. The molecule has 0 aromatic rings. The Bertz CT molecular complexity index is 276. The van der Waals surface area contributed by atoms with Crippen molar-refractivity contribution in [2.45, 2.75) is 33.6 Å². The summed E-state index contributed by atoms with van der Waals surface area (Å²) in [6, 6.07) is 0. The van der Waals surface area contributed by atoms with Crippen LogP contribution < -0.4 is 0 Å². The molecular formula is C10H13O6. The van der Waals surface area contributed by atoms with Crippen molar-refractivity contribution in [1.29, 1.82) is 0 Å². The number of ketones is 2. The monoisotopic (exact) mass is 229 g/mol. The second-order valence-electron chi connectivity index (χ2n) is 3.20. The highest BCUT2D eigenvalue weighted by atomic mass is 16.7. The van der Waals surface area contributed by atoms with Crippen LogP contribution in [-0.4, -0.2) is 23.5 Å². The van der Waals surface area contributed by atoms with Crippen molar-refractivity contribution < 1.29 is 28.7 Å². The van der Waals surface area contributed by atoms with Gasteiger partial charge in [-0.2, -0.15) is 0 Å². The first-order valence-electron chi connectivity index (χ1n) is 4.55. The number of rotatable bonds is 6. The van der Waals surface area contributed by atoms with Gasteiger partial charge in [0.2, 0.25) is 0 Å². The quantitative estimate of drug-likeness (QED) is 0.488. The maximum absolute atomic E-state index is 10.9. The van der Waals surface area contributed by atoms with Crippen LogP contribution >= 0.6 is 0 Å². The SMILES string of the molecule is C[C](OC(=O)CC(C)=O)OC(=O)CC(C)=O. The van der Waals surface area contributed by atoms with Crippen molar-refractivity contribution >= 4 is 23.5 Å². The van der Waals surface area contributed by atoms with Gasteiger partial charge in [-0.05, 0) is 13.8 Å². The van der Waals surface area contributed by atoms with Crippen LogP contribution in [0.3, 0.4) is 0 Å². The van der Waals surface area contributed by atoms with Gasteiger partial charge < -0.3 is 9.47 Å². The van der Waals surface area contributed by atoms with E-state index < -0.39 is 11.9 Å². The number of carbonyl (C=O) groups excluding carboxylic acids is 4. The Morgan fingerprint density at radius 3 is 1.31 bits per heavy atom. The zero-order valence-electron chi connectivity index (χ0n) is 9.36. The molecule has 0 bridgehead atoms. The van der Waals surface area contributed by atoms with Gasteiger partial charge in [0, 0.05) is 6.92 Å². The summed E-state index contributed by atoms with van der Waals surface area (Å²) in [4.78, 5) is 43.0. The minimum Gasteiger partial charge on any atom is -0.414 e. The highest BCUT2D eigenvalue weighted by Gasteiger charge is 2.18. The maximum Gasteiger partial charge on any atom is 0.331 e. The fourth-order valence-corrected chi connectivity index (χ4v) is 0.820. The Kier molecular flexibility index (Phi) is 5.99. The van der Waals surface area contributed by atoms with Crippen LogP contribution in [-0.2, 0) is 28.7 Å². The van der Waals surface area contributed by atoms with E-state index in [2.05, 4.69) is 9.47 Å². The minimum absolute atomic E-state index is 0.294. The molecule has 0 aliphatic rings. The lowest BCUT2D eigenvalue weighted by Gasteiger charge is -2.10.